The summed E-state index contributed by atoms with van der Waals surface area (Å²) in [5, 5.41) is 4.23. The van der Waals surface area contributed by atoms with E-state index in [9.17, 15) is 9.59 Å². The average Bonchev–Trinajstić information content (AvgIpc) is 2.38. The van der Waals surface area contributed by atoms with Crippen molar-refractivity contribution in [3.05, 3.63) is 40.2 Å². The molecule has 0 bridgehead atoms. The number of amides is 1. The highest BCUT2D eigenvalue weighted by Gasteiger charge is 2.07. The van der Waals surface area contributed by atoms with Gasteiger partial charge in [-0.3, -0.25) is 9.59 Å². The van der Waals surface area contributed by atoms with Gasteiger partial charge in [0.15, 0.2) is 0 Å². The molecule has 0 aliphatic rings. The number of aryl methyl sites for hydroxylation is 1. The Kier molecular flexibility index (Phi) is 4.20. The van der Waals surface area contributed by atoms with Crippen LogP contribution in [0.4, 0.5) is 5.82 Å². The lowest BCUT2D eigenvalue weighted by Gasteiger charge is -2.10. The molecule has 1 aromatic heterocycles. The molecule has 5 nitrogen and oxygen atoms in total. The molecule has 0 unspecified atom stereocenters. The topological polar surface area (TPSA) is 65.2 Å². The van der Waals surface area contributed by atoms with Gasteiger partial charge in [0.05, 0.1) is 0 Å². The van der Waals surface area contributed by atoms with Crippen molar-refractivity contribution in [1.29, 1.82) is 0 Å². The van der Waals surface area contributed by atoms with Crippen molar-refractivity contribution in [3.8, 4) is 0 Å². The second-order valence-corrected chi connectivity index (χ2v) is 5.15. The number of hydrogen-bond acceptors (Lipinski definition) is 3. The molecule has 0 spiro atoms. The summed E-state index contributed by atoms with van der Waals surface area (Å²) in [7, 11) is 3.82. The van der Waals surface area contributed by atoms with Gasteiger partial charge in [0.2, 0.25) is 5.91 Å². The molecule has 1 heterocycles. The number of aromatic nitrogens is 1. The molecule has 0 saturated carbocycles. The Bertz CT molecular complexity index is 689. The van der Waals surface area contributed by atoms with Crippen molar-refractivity contribution < 1.29 is 4.79 Å². The Labute approximate surface area is 117 Å². The van der Waals surface area contributed by atoms with E-state index in [2.05, 4.69) is 10.3 Å². The number of carbonyl (C=O) groups is 1. The Morgan fingerprint density at radius 1 is 1.30 bits per heavy atom. The number of pyridine rings is 1. The number of nitrogens with zero attached hydrogens (tertiary/aromatic N) is 1. The molecule has 0 aliphatic heterocycles. The van der Waals surface area contributed by atoms with Crippen molar-refractivity contribution in [2.75, 3.05) is 26.0 Å². The summed E-state index contributed by atoms with van der Waals surface area (Å²) in [6.07, 6.45) is 0.390. The van der Waals surface area contributed by atoms with Crippen LogP contribution in [0.5, 0.6) is 0 Å². The largest absolute Gasteiger partial charge is 0.312 e. The number of hydrogen-bond donors (Lipinski definition) is 2. The summed E-state index contributed by atoms with van der Waals surface area (Å²) in [5.41, 5.74) is 0.825. The number of aromatic amines is 1. The monoisotopic (exact) mass is 273 g/mol. The Hall–Kier alpha value is -2.14. The minimum absolute atomic E-state index is 0.109. The molecule has 1 aromatic carbocycles. The third kappa shape index (κ3) is 3.24. The smallest absolute Gasteiger partial charge is 0.257 e. The first-order valence-corrected chi connectivity index (χ1v) is 6.54. The summed E-state index contributed by atoms with van der Waals surface area (Å²) in [6, 6.07) is 7.38. The minimum atomic E-state index is -0.186. The summed E-state index contributed by atoms with van der Waals surface area (Å²) < 4.78 is 0. The highest BCUT2D eigenvalue weighted by molar-refractivity contribution is 5.93. The van der Waals surface area contributed by atoms with Crippen molar-refractivity contribution >= 4 is 22.5 Å². The number of nitrogens with one attached hydrogen (secondary N) is 2. The SMILES string of the molecule is Cc1cccc2c(=O)[nH]c(NC(=O)CCN(C)C)cc12. The molecule has 20 heavy (non-hydrogen) atoms. The van der Waals surface area contributed by atoms with Gasteiger partial charge in [-0.1, -0.05) is 12.1 Å². The van der Waals surface area contributed by atoms with E-state index in [1.54, 1.807) is 12.1 Å². The second-order valence-electron chi connectivity index (χ2n) is 5.15. The van der Waals surface area contributed by atoms with Crippen LogP contribution in [0.3, 0.4) is 0 Å². The molecular formula is C15H19N3O2. The van der Waals surface area contributed by atoms with Crippen LogP contribution in [0.25, 0.3) is 10.8 Å². The van der Waals surface area contributed by atoms with Gasteiger partial charge in [0.1, 0.15) is 5.82 Å². The number of benzene rings is 1. The van der Waals surface area contributed by atoms with Gasteiger partial charge in [0, 0.05) is 18.4 Å². The number of fused-ring (bicyclic) bond motifs is 1. The maximum absolute atomic E-state index is 12.0. The fourth-order valence-corrected chi connectivity index (χ4v) is 2.05. The Morgan fingerprint density at radius 3 is 2.75 bits per heavy atom. The van der Waals surface area contributed by atoms with Crippen LogP contribution in [0, 0.1) is 6.92 Å². The summed E-state index contributed by atoms with van der Waals surface area (Å²) >= 11 is 0. The number of carbonyl (C=O) groups excluding carboxylic acids is 1. The van der Waals surface area contributed by atoms with E-state index < -0.39 is 0 Å². The molecule has 0 fully saturated rings. The maximum Gasteiger partial charge on any atom is 0.257 e. The van der Waals surface area contributed by atoms with E-state index in [0.29, 0.717) is 24.2 Å². The van der Waals surface area contributed by atoms with E-state index >= 15 is 0 Å². The van der Waals surface area contributed by atoms with E-state index in [1.807, 2.05) is 38.1 Å². The number of anilines is 1. The lowest BCUT2D eigenvalue weighted by atomic mass is 10.1. The standard InChI is InChI=1S/C15H19N3O2/c1-10-5-4-6-11-12(10)9-13(17-15(11)20)16-14(19)7-8-18(2)3/h4-6,9H,7-8H2,1-3H3,(H2,16,17,19,20). The van der Waals surface area contributed by atoms with Crippen molar-refractivity contribution in [2.45, 2.75) is 13.3 Å². The third-order valence-electron chi connectivity index (χ3n) is 3.17. The zero-order valence-electron chi connectivity index (χ0n) is 12.0. The lowest BCUT2D eigenvalue weighted by Crippen LogP contribution is -2.22. The van der Waals surface area contributed by atoms with Crippen LogP contribution in [-0.4, -0.2) is 36.4 Å². The summed E-state index contributed by atoms with van der Waals surface area (Å²) in [5.74, 6) is 0.336. The van der Waals surface area contributed by atoms with Crippen molar-refractivity contribution in [3.63, 3.8) is 0 Å². The molecule has 0 atom stereocenters. The number of rotatable bonds is 4. The maximum atomic E-state index is 12.0. The molecule has 2 aromatic rings. The predicted molar refractivity (Wildman–Crippen MR) is 81.1 cm³/mol. The van der Waals surface area contributed by atoms with Gasteiger partial charge in [-0.05, 0) is 44.1 Å². The average molecular weight is 273 g/mol. The first kappa shape index (κ1) is 14.3. The zero-order valence-corrected chi connectivity index (χ0v) is 12.0. The van der Waals surface area contributed by atoms with Crippen LogP contribution in [-0.2, 0) is 4.79 Å². The molecule has 0 saturated heterocycles. The molecule has 1 amide bonds. The molecule has 0 aliphatic carbocycles. The van der Waals surface area contributed by atoms with E-state index in [4.69, 9.17) is 0 Å². The van der Waals surface area contributed by atoms with Gasteiger partial charge in [-0.15, -0.1) is 0 Å². The van der Waals surface area contributed by atoms with Crippen LogP contribution in [0.2, 0.25) is 0 Å². The molecule has 5 heteroatoms. The Morgan fingerprint density at radius 2 is 2.05 bits per heavy atom. The second kappa shape index (κ2) is 5.88. The summed E-state index contributed by atoms with van der Waals surface area (Å²) in [4.78, 5) is 28.4. The van der Waals surface area contributed by atoms with E-state index in [1.165, 1.54) is 0 Å². The van der Waals surface area contributed by atoms with Crippen LogP contribution < -0.4 is 10.9 Å². The van der Waals surface area contributed by atoms with Crippen molar-refractivity contribution in [2.24, 2.45) is 0 Å². The highest BCUT2D eigenvalue weighted by Crippen LogP contribution is 2.17. The summed E-state index contributed by atoms with van der Waals surface area (Å²) in [6.45, 7) is 2.61. The fraction of sp³-hybridized carbons (Fsp3) is 0.333. The van der Waals surface area contributed by atoms with Crippen molar-refractivity contribution in [1.82, 2.24) is 9.88 Å². The molecule has 2 N–H and O–H groups in total. The van der Waals surface area contributed by atoms with E-state index in [-0.39, 0.29) is 11.5 Å². The van der Waals surface area contributed by atoms with Gasteiger partial charge < -0.3 is 15.2 Å². The quantitative estimate of drug-likeness (QED) is 0.891. The third-order valence-corrected chi connectivity index (χ3v) is 3.17. The van der Waals surface area contributed by atoms with Crippen LogP contribution >= 0.6 is 0 Å². The minimum Gasteiger partial charge on any atom is -0.312 e. The van der Waals surface area contributed by atoms with Gasteiger partial charge in [0.25, 0.3) is 5.56 Å². The fourth-order valence-electron chi connectivity index (χ4n) is 2.05. The Balaban J connectivity index is 2.25. The van der Waals surface area contributed by atoms with Gasteiger partial charge in [-0.2, -0.15) is 0 Å². The first-order valence-electron chi connectivity index (χ1n) is 6.54. The lowest BCUT2D eigenvalue weighted by molar-refractivity contribution is -0.116. The van der Waals surface area contributed by atoms with Crippen LogP contribution in [0.1, 0.15) is 12.0 Å². The molecule has 106 valence electrons. The number of H-pyrrole nitrogens is 1. The van der Waals surface area contributed by atoms with Gasteiger partial charge in [-0.25, -0.2) is 0 Å². The molecular weight excluding hydrogens is 254 g/mol. The first-order chi connectivity index (χ1) is 9.47. The molecule has 2 rings (SSSR count). The van der Waals surface area contributed by atoms with Crippen LogP contribution in [0.15, 0.2) is 29.1 Å². The zero-order chi connectivity index (χ0) is 14.7. The molecule has 0 radical (unpaired) electrons. The predicted octanol–water partition coefficient (Wildman–Crippen LogP) is 1.73. The van der Waals surface area contributed by atoms with Gasteiger partial charge >= 0.3 is 0 Å². The van der Waals surface area contributed by atoms with E-state index in [0.717, 1.165) is 10.9 Å². The highest BCUT2D eigenvalue weighted by atomic mass is 16.2. The normalized spacial score (nSPS) is 11.0.